The molecule has 1 heterocycles. The third kappa shape index (κ3) is 1.40. The van der Waals surface area contributed by atoms with Crippen LogP contribution >= 0.6 is 11.6 Å². The lowest BCUT2D eigenvalue weighted by Gasteiger charge is -2.05. The molecule has 0 spiro atoms. The molecule has 0 aliphatic carbocycles. The number of aryl methyl sites for hydroxylation is 1. The minimum atomic E-state index is 0.301. The molecule has 0 radical (unpaired) electrons. The van der Waals surface area contributed by atoms with Crippen LogP contribution in [0, 0.1) is 6.92 Å². The molecule has 0 saturated heterocycles. The van der Waals surface area contributed by atoms with Crippen molar-refractivity contribution in [1.29, 1.82) is 0 Å². The first kappa shape index (κ1) is 9.53. The van der Waals surface area contributed by atoms with Crippen LogP contribution in [0.15, 0.2) is 18.2 Å². The van der Waals surface area contributed by atoms with Crippen molar-refractivity contribution in [2.24, 2.45) is 0 Å². The summed E-state index contributed by atoms with van der Waals surface area (Å²) >= 11 is 6.22. The van der Waals surface area contributed by atoms with E-state index in [1.54, 1.807) is 0 Å². The molecule has 14 heavy (non-hydrogen) atoms. The predicted octanol–water partition coefficient (Wildman–Crippen LogP) is 3.58. The third-order valence-electron chi connectivity index (χ3n) is 2.28. The van der Waals surface area contributed by atoms with Crippen molar-refractivity contribution in [3.05, 3.63) is 28.9 Å². The SMILES string of the molecule is Cc1ccc2nn(C(C)C)c(Cl)c2c1. The molecule has 0 atom stereocenters. The molecule has 0 aliphatic heterocycles. The van der Waals surface area contributed by atoms with Crippen molar-refractivity contribution in [3.8, 4) is 0 Å². The zero-order chi connectivity index (χ0) is 10.3. The summed E-state index contributed by atoms with van der Waals surface area (Å²) in [5.74, 6) is 0. The highest BCUT2D eigenvalue weighted by Gasteiger charge is 2.10. The fourth-order valence-corrected chi connectivity index (χ4v) is 1.91. The molecule has 3 heteroatoms. The number of nitrogens with zero attached hydrogens (tertiary/aromatic N) is 2. The van der Waals surface area contributed by atoms with Crippen molar-refractivity contribution in [2.75, 3.05) is 0 Å². The molecule has 2 nitrogen and oxygen atoms in total. The van der Waals surface area contributed by atoms with Gasteiger partial charge >= 0.3 is 0 Å². The minimum absolute atomic E-state index is 0.301. The first-order chi connectivity index (χ1) is 6.59. The van der Waals surface area contributed by atoms with Crippen molar-refractivity contribution >= 4 is 22.5 Å². The summed E-state index contributed by atoms with van der Waals surface area (Å²) in [5.41, 5.74) is 2.18. The van der Waals surface area contributed by atoms with Crippen LogP contribution in [0.5, 0.6) is 0 Å². The average Bonchev–Trinajstić information content (AvgIpc) is 2.44. The van der Waals surface area contributed by atoms with Gasteiger partial charge in [0.1, 0.15) is 5.15 Å². The molecule has 0 bridgehead atoms. The lowest BCUT2D eigenvalue weighted by Crippen LogP contribution is -2.01. The number of rotatable bonds is 1. The molecule has 0 saturated carbocycles. The number of benzene rings is 1. The van der Waals surface area contributed by atoms with Gasteiger partial charge in [0.25, 0.3) is 0 Å². The van der Waals surface area contributed by atoms with Crippen LogP contribution in [0.2, 0.25) is 5.15 Å². The van der Waals surface area contributed by atoms with Crippen molar-refractivity contribution in [3.63, 3.8) is 0 Å². The van der Waals surface area contributed by atoms with Gasteiger partial charge in [0, 0.05) is 11.4 Å². The largest absolute Gasteiger partial charge is 0.250 e. The molecular formula is C11H13ClN2. The summed E-state index contributed by atoms with van der Waals surface area (Å²) in [7, 11) is 0. The molecule has 1 aromatic carbocycles. The topological polar surface area (TPSA) is 17.8 Å². The summed E-state index contributed by atoms with van der Waals surface area (Å²) in [6, 6.07) is 6.44. The van der Waals surface area contributed by atoms with Gasteiger partial charge in [0.15, 0.2) is 0 Å². The van der Waals surface area contributed by atoms with Gasteiger partial charge in [-0.1, -0.05) is 23.2 Å². The number of hydrogen-bond donors (Lipinski definition) is 0. The Balaban J connectivity index is 2.74. The van der Waals surface area contributed by atoms with E-state index in [0.29, 0.717) is 6.04 Å². The van der Waals surface area contributed by atoms with E-state index in [1.165, 1.54) is 5.56 Å². The summed E-state index contributed by atoms with van der Waals surface area (Å²) in [6.45, 7) is 6.21. The second-order valence-corrected chi connectivity index (χ2v) is 4.21. The maximum absolute atomic E-state index is 6.22. The van der Waals surface area contributed by atoms with Gasteiger partial charge < -0.3 is 0 Å². The van der Waals surface area contributed by atoms with Crippen molar-refractivity contribution in [2.45, 2.75) is 26.8 Å². The summed E-state index contributed by atoms with van der Waals surface area (Å²) in [5, 5.41) is 6.21. The summed E-state index contributed by atoms with van der Waals surface area (Å²) in [4.78, 5) is 0. The Morgan fingerprint density at radius 1 is 1.36 bits per heavy atom. The Kier molecular flexibility index (Phi) is 2.23. The Morgan fingerprint density at radius 3 is 2.71 bits per heavy atom. The van der Waals surface area contributed by atoms with E-state index in [-0.39, 0.29) is 0 Å². The van der Waals surface area contributed by atoms with Gasteiger partial charge in [-0.25, -0.2) is 0 Å². The van der Waals surface area contributed by atoms with Crippen LogP contribution in [0.4, 0.5) is 0 Å². The zero-order valence-electron chi connectivity index (χ0n) is 8.58. The molecule has 1 aromatic heterocycles. The van der Waals surface area contributed by atoms with E-state index < -0.39 is 0 Å². The highest BCUT2D eigenvalue weighted by Crippen LogP contribution is 2.26. The van der Waals surface area contributed by atoms with E-state index in [0.717, 1.165) is 16.1 Å². The smallest absolute Gasteiger partial charge is 0.135 e. The van der Waals surface area contributed by atoms with E-state index in [9.17, 15) is 0 Å². The predicted molar refractivity (Wildman–Crippen MR) is 59.9 cm³/mol. The van der Waals surface area contributed by atoms with Gasteiger partial charge in [0.2, 0.25) is 0 Å². The lowest BCUT2D eigenvalue weighted by molar-refractivity contribution is 0.538. The van der Waals surface area contributed by atoms with Crippen molar-refractivity contribution in [1.82, 2.24) is 9.78 Å². The number of fused-ring (bicyclic) bond motifs is 1. The highest BCUT2D eigenvalue weighted by molar-refractivity contribution is 6.34. The molecule has 2 aromatic rings. The van der Waals surface area contributed by atoms with E-state index in [1.807, 2.05) is 10.7 Å². The average molecular weight is 209 g/mol. The van der Waals surface area contributed by atoms with Gasteiger partial charge in [-0.3, -0.25) is 4.68 Å². The zero-order valence-corrected chi connectivity index (χ0v) is 9.34. The van der Waals surface area contributed by atoms with Gasteiger partial charge in [-0.2, -0.15) is 5.10 Å². The van der Waals surface area contributed by atoms with Gasteiger partial charge in [-0.05, 0) is 32.9 Å². The molecule has 0 amide bonds. The first-order valence-electron chi connectivity index (χ1n) is 4.74. The molecule has 74 valence electrons. The lowest BCUT2D eigenvalue weighted by atomic mass is 10.2. The van der Waals surface area contributed by atoms with Gasteiger partial charge in [0.05, 0.1) is 5.52 Å². The van der Waals surface area contributed by atoms with Gasteiger partial charge in [-0.15, -0.1) is 0 Å². The molecule has 0 aliphatic rings. The van der Waals surface area contributed by atoms with E-state index >= 15 is 0 Å². The fraction of sp³-hybridized carbons (Fsp3) is 0.364. The fourth-order valence-electron chi connectivity index (χ4n) is 1.53. The Hall–Kier alpha value is -1.02. The number of halogens is 1. The summed E-state index contributed by atoms with van der Waals surface area (Å²) in [6.07, 6.45) is 0. The van der Waals surface area contributed by atoms with Crippen LogP contribution < -0.4 is 0 Å². The van der Waals surface area contributed by atoms with Crippen LogP contribution in [0.25, 0.3) is 10.9 Å². The molecule has 2 rings (SSSR count). The monoisotopic (exact) mass is 208 g/mol. The Labute approximate surface area is 88.5 Å². The second-order valence-electron chi connectivity index (χ2n) is 3.85. The maximum atomic E-state index is 6.22. The standard InChI is InChI=1S/C11H13ClN2/c1-7(2)14-11(12)9-6-8(3)4-5-10(9)13-14/h4-7H,1-3H3. The quantitative estimate of drug-likeness (QED) is 0.701. The van der Waals surface area contributed by atoms with E-state index in [4.69, 9.17) is 11.6 Å². The van der Waals surface area contributed by atoms with E-state index in [2.05, 4.69) is 38.0 Å². The van der Waals surface area contributed by atoms with Crippen LogP contribution in [-0.4, -0.2) is 9.78 Å². The molecule has 0 fully saturated rings. The Bertz CT molecular complexity index is 471. The highest BCUT2D eigenvalue weighted by atomic mass is 35.5. The minimum Gasteiger partial charge on any atom is -0.250 e. The Morgan fingerprint density at radius 2 is 2.07 bits per heavy atom. The maximum Gasteiger partial charge on any atom is 0.135 e. The second kappa shape index (κ2) is 3.28. The molecular weight excluding hydrogens is 196 g/mol. The third-order valence-corrected chi connectivity index (χ3v) is 2.66. The number of aromatic nitrogens is 2. The first-order valence-corrected chi connectivity index (χ1v) is 5.12. The molecule has 0 unspecified atom stereocenters. The number of hydrogen-bond acceptors (Lipinski definition) is 1. The molecule has 0 N–H and O–H groups in total. The van der Waals surface area contributed by atoms with Crippen molar-refractivity contribution < 1.29 is 0 Å². The van der Waals surface area contributed by atoms with Crippen LogP contribution in [-0.2, 0) is 0 Å². The summed E-state index contributed by atoms with van der Waals surface area (Å²) < 4.78 is 1.85. The van der Waals surface area contributed by atoms with Crippen LogP contribution in [0.1, 0.15) is 25.5 Å². The normalized spacial score (nSPS) is 11.5. The van der Waals surface area contributed by atoms with Crippen LogP contribution in [0.3, 0.4) is 0 Å².